The second-order valence-corrected chi connectivity index (χ2v) is 7.58. The third-order valence-electron chi connectivity index (χ3n) is 5.86. The Balaban J connectivity index is 1.41. The van der Waals surface area contributed by atoms with Gasteiger partial charge in [-0.1, -0.05) is 36.4 Å². The lowest BCUT2D eigenvalue weighted by molar-refractivity contribution is 0.0931. The van der Waals surface area contributed by atoms with Crippen molar-refractivity contribution >= 4 is 21.8 Å². The number of likely N-dealkylation sites (tertiary alicyclic amines) is 1. The summed E-state index contributed by atoms with van der Waals surface area (Å²) >= 11 is 0. The van der Waals surface area contributed by atoms with Crippen molar-refractivity contribution in [2.24, 2.45) is 0 Å². The molecule has 1 aliphatic rings. The molecule has 2 atom stereocenters. The van der Waals surface area contributed by atoms with Crippen molar-refractivity contribution in [2.45, 2.75) is 31.5 Å². The lowest BCUT2D eigenvalue weighted by atomic mass is 10.1. The zero-order chi connectivity index (χ0) is 18.2. The standard InChI is InChI=1S/C23H25N3O/c27-17(15-25-14-6-12-23(25)20-9-5-13-24-20)16-26-21-10-3-1-7-18(21)19-8-2-4-11-22(19)26/h1-5,7-11,13,17,23-24,27H,6,12,14-16H2. The highest BCUT2D eigenvalue weighted by molar-refractivity contribution is 6.07. The Morgan fingerprint density at radius 3 is 2.30 bits per heavy atom. The number of aliphatic hydroxyl groups excluding tert-OH is 1. The lowest BCUT2D eigenvalue weighted by Gasteiger charge is -2.26. The maximum atomic E-state index is 10.9. The van der Waals surface area contributed by atoms with E-state index in [2.05, 4.69) is 75.1 Å². The number of rotatable bonds is 5. The predicted octanol–water partition coefficient (Wildman–Crippen LogP) is 4.32. The highest BCUT2D eigenvalue weighted by Crippen LogP contribution is 2.32. The van der Waals surface area contributed by atoms with Crippen LogP contribution in [0.2, 0.25) is 0 Å². The molecule has 0 amide bonds. The molecule has 3 heterocycles. The highest BCUT2D eigenvalue weighted by Gasteiger charge is 2.28. The number of nitrogens with zero attached hydrogens (tertiary/aromatic N) is 2. The van der Waals surface area contributed by atoms with Crippen molar-refractivity contribution in [3.05, 3.63) is 72.6 Å². The first kappa shape index (κ1) is 16.6. The fraction of sp³-hybridized carbons (Fsp3) is 0.304. The number of aromatic nitrogens is 2. The molecule has 0 saturated carbocycles. The van der Waals surface area contributed by atoms with Gasteiger partial charge in [0, 0.05) is 46.3 Å². The number of para-hydroxylation sites is 2. The van der Waals surface area contributed by atoms with E-state index >= 15 is 0 Å². The minimum Gasteiger partial charge on any atom is -0.390 e. The Hall–Kier alpha value is -2.56. The predicted molar refractivity (Wildman–Crippen MR) is 110 cm³/mol. The van der Waals surface area contributed by atoms with E-state index in [1.807, 2.05) is 6.20 Å². The third-order valence-corrected chi connectivity index (χ3v) is 5.86. The smallest absolute Gasteiger partial charge is 0.0846 e. The molecule has 1 fully saturated rings. The van der Waals surface area contributed by atoms with Crippen LogP contribution in [0.3, 0.4) is 0 Å². The number of benzene rings is 2. The maximum absolute atomic E-state index is 10.9. The van der Waals surface area contributed by atoms with Gasteiger partial charge in [-0.3, -0.25) is 4.90 Å². The average molecular weight is 359 g/mol. The van der Waals surface area contributed by atoms with Gasteiger partial charge in [0.1, 0.15) is 0 Å². The molecular formula is C23H25N3O. The van der Waals surface area contributed by atoms with Gasteiger partial charge >= 0.3 is 0 Å². The maximum Gasteiger partial charge on any atom is 0.0846 e. The molecule has 2 N–H and O–H groups in total. The number of aliphatic hydroxyl groups is 1. The van der Waals surface area contributed by atoms with Crippen LogP contribution in [-0.2, 0) is 6.54 Å². The molecule has 1 aliphatic heterocycles. The second kappa shape index (κ2) is 6.87. The SMILES string of the molecule is OC(CN1CCCC1c1ccc[nH]1)Cn1c2ccccc2c2ccccc21. The molecule has 1 saturated heterocycles. The molecule has 4 aromatic rings. The molecule has 2 unspecified atom stereocenters. The van der Waals surface area contributed by atoms with Gasteiger partial charge in [-0.05, 0) is 43.7 Å². The van der Waals surface area contributed by atoms with Crippen molar-refractivity contribution in [2.75, 3.05) is 13.1 Å². The van der Waals surface area contributed by atoms with Crippen molar-refractivity contribution in [3.8, 4) is 0 Å². The van der Waals surface area contributed by atoms with E-state index in [0.29, 0.717) is 19.1 Å². The fourth-order valence-corrected chi connectivity index (χ4v) is 4.69. The summed E-state index contributed by atoms with van der Waals surface area (Å²) in [5.74, 6) is 0. The summed E-state index contributed by atoms with van der Waals surface area (Å²) in [6.07, 6.45) is 3.93. The third kappa shape index (κ3) is 2.95. The highest BCUT2D eigenvalue weighted by atomic mass is 16.3. The molecule has 138 valence electrons. The van der Waals surface area contributed by atoms with Crippen LogP contribution >= 0.6 is 0 Å². The summed E-state index contributed by atoms with van der Waals surface area (Å²) in [4.78, 5) is 5.77. The van der Waals surface area contributed by atoms with Crippen molar-refractivity contribution in [1.82, 2.24) is 14.5 Å². The van der Waals surface area contributed by atoms with E-state index in [0.717, 1.165) is 13.0 Å². The minimum atomic E-state index is -0.403. The van der Waals surface area contributed by atoms with Crippen LogP contribution in [0, 0.1) is 0 Å². The van der Waals surface area contributed by atoms with Gasteiger partial charge in [-0.25, -0.2) is 0 Å². The zero-order valence-electron chi connectivity index (χ0n) is 15.4. The van der Waals surface area contributed by atoms with E-state index in [1.165, 1.54) is 33.9 Å². The van der Waals surface area contributed by atoms with Crippen LogP contribution < -0.4 is 0 Å². The van der Waals surface area contributed by atoms with Gasteiger partial charge in [0.15, 0.2) is 0 Å². The molecule has 0 aliphatic carbocycles. The van der Waals surface area contributed by atoms with Crippen molar-refractivity contribution in [3.63, 3.8) is 0 Å². The summed E-state index contributed by atoms with van der Waals surface area (Å²) in [5, 5.41) is 13.5. The fourth-order valence-electron chi connectivity index (χ4n) is 4.69. The van der Waals surface area contributed by atoms with Gasteiger partial charge in [0.25, 0.3) is 0 Å². The molecule has 27 heavy (non-hydrogen) atoms. The normalized spacial score (nSPS) is 19.2. The number of β-amino-alcohol motifs (C(OH)–C–C–N with tert-alkyl or cyclic N) is 1. The lowest BCUT2D eigenvalue weighted by Crippen LogP contribution is -2.34. The van der Waals surface area contributed by atoms with Crippen LogP contribution in [0.25, 0.3) is 21.8 Å². The Kier molecular flexibility index (Phi) is 4.23. The van der Waals surface area contributed by atoms with Crippen molar-refractivity contribution < 1.29 is 5.11 Å². The summed E-state index contributed by atoms with van der Waals surface area (Å²) in [6.45, 7) is 2.36. The summed E-state index contributed by atoms with van der Waals surface area (Å²) < 4.78 is 2.27. The van der Waals surface area contributed by atoms with E-state index < -0.39 is 6.10 Å². The number of hydrogen-bond donors (Lipinski definition) is 2. The van der Waals surface area contributed by atoms with E-state index in [-0.39, 0.29) is 0 Å². The molecule has 5 rings (SSSR count). The summed E-state index contributed by atoms with van der Waals surface area (Å²) in [6, 6.07) is 21.6. The Labute approximate surface area is 159 Å². The topological polar surface area (TPSA) is 44.2 Å². The van der Waals surface area contributed by atoms with Crippen LogP contribution in [0.5, 0.6) is 0 Å². The summed E-state index contributed by atoms with van der Waals surface area (Å²) in [5.41, 5.74) is 3.65. The number of nitrogens with one attached hydrogen (secondary N) is 1. The number of aromatic amines is 1. The number of fused-ring (bicyclic) bond motifs is 3. The molecule has 2 aromatic heterocycles. The molecule has 4 heteroatoms. The molecule has 2 aromatic carbocycles. The van der Waals surface area contributed by atoms with Crippen LogP contribution in [0.15, 0.2) is 66.9 Å². The zero-order valence-corrected chi connectivity index (χ0v) is 15.4. The first-order chi connectivity index (χ1) is 13.3. The van der Waals surface area contributed by atoms with Crippen molar-refractivity contribution in [1.29, 1.82) is 0 Å². The minimum absolute atomic E-state index is 0.396. The second-order valence-electron chi connectivity index (χ2n) is 7.58. The average Bonchev–Trinajstić information content (AvgIpc) is 3.42. The molecule has 0 bridgehead atoms. The Morgan fingerprint density at radius 1 is 0.926 bits per heavy atom. The monoisotopic (exact) mass is 359 g/mol. The van der Waals surface area contributed by atoms with Crippen LogP contribution in [0.1, 0.15) is 24.6 Å². The van der Waals surface area contributed by atoms with Crippen LogP contribution in [0.4, 0.5) is 0 Å². The van der Waals surface area contributed by atoms with Crippen LogP contribution in [-0.4, -0.2) is 38.8 Å². The molecule has 0 radical (unpaired) electrons. The van der Waals surface area contributed by atoms with Gasteiger partial charge in [-0.2, -0.15) is 0 Å². The van der Waals surface area contributed by atoms with Gasteiger partial charge in [0.05, 0.1) is 12.6 Å². The molecular weight excluding hydrogens is 334 g/mol. The number of H-pyrrole nitrogens is 1. The number of hydrogen-bond acceptors (Lipinski definition) is 2. The van der Waals surface area contributed by atoms with E-state index in [4.69, 9.17) is 0 Å². The molecule has 4 nitrogen and oxygen atoms in total. The largest absolute Gasteiger partial charge is 0.390 e. The van der Waals surface area contributed by atoms with Gasteiger partial charge in [-0.15, -0.1) is 0 Å². The van der Waals surface area contributed by atoms with E-state index in [9.17, 15) is 5.11 Å². The quantitative estimate of drug-likeness (QED) is 0.557. The summed E-state index contributed by atoms with van der Waals surface area (Å²) in [7, 11) is 0. The first-order valence-corrected chi connectivity index (χ1v) is 9.82. The Morgan fingerprint density at radius 2 is 1.63 bits per heavy atom. The Bertz CT molecular complexity index is 997. The first-order valence-electron chi connectivity index (χ1n) is 9.82. The molecule has 0 spiro atoms. The van der Waals surface area contributed by atoms with Gasteiger partial charge in [0.2, 0.25) is 0 Å². The van der Waals surface area contributed by atoms with Gasteiger partial charge < -0.3 is 14.7 Å². The van der Waals surface area contributed by atoms with E-state index in [1.54, 1.807) is 0 Å².